The standard InChI is InChI=1S/C22H30O3.C21H21FO3.C19H26O3.C17H22O3.C16H22O3/c1-19(23)11-9-17-21(24)15-7-2-3-8-16-22(25)18-10-14-20-12-5-4-6-13-20;1-17(23)11-16-21(25)9-5-3-2-4-8-20(24)10-6-7-18-12-14-19(22)15-13-18;1-16(2)10-8-14-18(21)12-6-4-5-7-13-19(22)15-9-11-17(3)20;1-3-4-11-16(19)12-7-5-6-8-13-17(20)14-9-10-15(2)18;1-13(17)8-11-15(18)6-4-2-3-5-7-16(19)12-14-9-10-14/h2-3,8,16,20-22,24-25H,4-6,9,11-13,17-18H2,1H3;2-4,8,12-15,20-21,24-25H,10-11,16H2,1H3;4-6,12,16,18-19,21-22H,9,11,14-15H2,1-3H3;5-7,12,16-17,19-20H,9-11,14H2,1-2H3;2-3,5,7,14-16,18-19H,8-12H2,1H3/b3-2+,16-8+;3-2+,8-4+;5-4+,12-6+;6-5+,12-7+;3-2+,7-5+/t21-,22+;20-,21+;18-,19+;16-,17-;15-,16+/m10011/s1. The van der Waals surface area contributed by atoms with Crippen molar-refractivity contribution >= 4 is 28.9 Å². The summed E-state index contributed by atoms with van der Waals surface area (Å²) in [6, 6.07) is 5.83. The predicted molar refractivity (Wildman–Crippen MR) is 443 cm³/mol. The van der Waals surface area contributed by atoms with Crippen molar-refractivity contribution in [2.45, 2.75) is 277 Å². The van der Waals surface area contributed by atoms with Crippen LogP contribution in [-0.4, -0.2) is 141 Å². The highest BCUT2D eigenvalue weighted by Crippen LogP contribution is 2.33. The lowest BCUT2D eigenvalue weighted by Crippen LogP contribution is -2.05. The third-order valence-corrected chi connectivity index (χ3v) is 15.0. The van der Waals surface area contributed by atoms with Crippen LogP contribution in [0, 0.1) is 130 Å². The van der Waals surface area contributed by atoms with Crippen LogP contribution in [0.25, 0.3) is 0 Å². The number of ketones is 5. The van der Waals surface area contributed by atoms with Crippen molar-refractivity contribution in [3.63, 3.8) is 0 Å². The summed E-state index contributed by atoms with van der Waals surface area (Å²) < 4.78 is 12.7. The lowest BCUT2D eigenvalue weighted by atomic mass is 9.90. The van der Waals surface area contributed by atoms with Crippen LogP contribution in [-0.2, 0) is 24.0 Å². The number of aliphatic hydroxyl groups is 10. The fraction of sp³-hybridized carbons (Fsp3) is 0.484. The molecule has 3 rings (SSSR count). The number of halogens is 1. The molecule has 10 N–H and O–H groups in total. The number of allylic oxidation sites excluding steroid dienone is 15. The summed E-state index contributed by atoms with van der Waals surface area (Å²) in [5.74, 6) is 52.0. The molecule has 2 aliphatic carbocycles. The van der Waals surface area contributed by atoms with Gasteiger partial charge < -0.3 is 75.0 Å². The topological polar surface area (TPSA) is 288 Å². The monoisotopic (exact) mass is 1520 g/mol. The summed E-state index contributed by atoms with van der Waals surface area (Å²) in [6.45, 7) is 13.3. The Morgan fingerprint density at radius 2 is 0.721 bits per heavy atom. The van der Waals surface area contributed by atoms with Gasteiger partial charge in [0, 0.05) is 75.2 Å². The van der Waals surface area contributed by atoms with Crippen LogP contribution in [0.5, 0.6) is 0 Å². The number of carbonyl (C=O) groups excluding carboxylic acids is 5. The van der Waals surface area contributed by atoms with E-state index in [9.17, 15) is 79.4 Å². The normalized spacial score (nSPS) is 15.1. The summed E-state index contributed by atoms with van der Waals surface area (Å²) in [7, 11) is 0. The van der Waals surface area contributed by atoms with E-state index < -0.39 is 54.9 Å². The van der Waals surface area contributed by atoms with Crippen molar-refractivity contribution in [3.8, 4) is 107 Å². The number of hydrogen-bond donors (Lipinski definition) is 10. The highest BCUT2D eigenvalue weighted by molar-refractivity contribution is 5.76. The summed E-state index contributed by atoms with van der Waals surface area (Å²) in [5.41, 5.74) is 0.691. The number of Topliss-reactive ketones (excluding diaryl/α,β-unsaturated/α-hetero) is 5. The quantitative estimate of drug-likeness (QED) is 0.0227. The summed E-state index contributed by atoms with van der Waals surface area (Å²) in [4.78, 5) is 53.7. The highest BCUT2D eigenvalue weighted by atomic mass is 19.1. The molecule has 0 radical (unpaired) electrons. The predicted octanol–water partition coefficient (Wildman–Crippen LogP) is 13.0. The van der Waals surface area contributed by atoms with Crippen molar-refractivity contribution in [3.05, 3.63) is 157 Å². The van der Waals surface area contributed by atoms with Crippen molar-refractivity contribution < 1.29 is 79.4 Å². The molecule has 0 aromatic heterocycles. The minimum absolute atomic E-state index is 0.0239. The van der Waals surface area contributed by atoms with Gasteiger partial charge in [0.05, 0.1) is 30.5 Å². The van der Waals surface area contributed by atoms with Gasteiger partial charge in [0.25, 0.3) is 0 Å². The van der Waals surface area contributed by atoms with E-state index in [2.05, 4.69) is 107 Å². The molecule has 2 fully saturated rings. The molecule has 598 valence electrons. The molecule has 0 unspecified atom stereocenters. The Bertz CT molecular complexity index is 3760. The Morgan fingerprint density at radius 3 is 1.05 bits per heavy atom. The third kappa shape index (κ3) is 79.9. The van der Waals surface area contributed by atoms with Gasteiger partial charge in [-0.25, -0.2) is 4.39 Å². The van der Waals surface area contributed by atoms with Gasteiger partial charge in [-0.05, 0) is 173 Å². The van der Waals surface area contributed by atoms with Crippen LogP contribution in [0.1, 0.15) is 221 Å². The molecule has 0 heterocycles. The number of rotatable bonds is 34. The van der Waals surface area contributed by atoms with E-state index in [4.69, 9.17) is 0 Å². The van der Waals surface area contributed by atoms with E-state index in [1.807, 2.05) is 13.8 Å². The number of carbonyl (C=O) groups is 5. The van der Waals surface area contributed by atoms with Gasteiger partial charge in [0.15, 0.2) is 0 Å². The first-order chi connectivity index (χ1) is 53.1. The van der Waals surface area contributed by atoms with Crippen LogP contribution >= 0.6 is 0 Å². The second-order valence-corrected chi connectivity index (χ2v) is 26.7. The molecule has 2 aliphatic rings. The van der Waals surface area contributed by atoms with Crippen molar-refractivity contribution in [1.29, 1.82) is 0 Å². The zero-order valence-corrected chi connectivity index (χ0v) is 66.4. The largest absolute Gasteiger partial charge is 0.389 e. The molecular weight excluding hydrogens is 1400 g/mol. The first-order valence-electron chi connectivity index (χ1n) is 38.2. The molecule has 15 nitrogen and oxygen atoms in total. The number of hydrogen-bond acceptors (Lipinski definition) is 15. The second kappa shape index (κ2) is 72.1. The Labute approximate surface area is 663 Å². The van der Waals surface area contributed by atoms with E-state index >= 15 is 0 Å². The minimum atomic E-state index is -0.815. The van der Waals surface area contributed by atoms with E-state index in [0.29, 0.717) is 126 Å². The van der Waals surface area contributed by atoms with Gasteiger partial charge in [-0.1, -0.05) is 226 Å². The van der Waals surface area contributed by atoms with E-state index in [1.54, 1.807) is 148 Å². The Kier molecular flexibility index (Phi) is 67.3. The maximum absolute atomic E-state index is 12.7. The lowest BCUT2D eigenvalue weighted by molar-refractivity contribution is -0.118. The van der Waals surface area contributed by atoms with E-state index in [1.165, 1.54) is 84.8 Å². The fourth-order valence-electron chi connectivity index (χ4n) is 8.84. The van der Waals surface area contributed by atoms with Gasteiger partial charge in [0.2, 0.25) is 0 Å². The van der Waals surface area contributed by atoms with Gasteiger partial charge >= 0.3 is 0 Å². The maximum Gasteiger partial charge on any atom is 0.129 e. The van der Waals surface area contributed by atoms with Crippen LogP contribution in [0.15, 0.2) is 146 Å². The second-order valence-electron chi connectivity index (χ2n) is 26.7. The van der Waals surface area contributed by atoms with E-state index in [0.717, 1.165) is 6.42 Å². The zero-order chi connectivity index (χ0) is 82.9. The highest BCUT2D eigenvalue weighted by Gasteiger charge is 2.23. The number of benzene rings is 1. The maximum atomic E-state index is 12.7. The van der Waals surface area contributed by atoms with Crippen LogP contribution in [0.2, 0.25) is 0 Å². The molecule has 10 atom stereocenters. The Hall–Kier alpha value is -9.46. The Morgan fingerprint density at radius 1 is 0.396 bits per heavy atom. The summed E-state index contributed by atoms with van der Waals surface area (Å²) in [6.07, 6.45) is 44.3. The molecule has 0 saturated heterocycles. The molecule has 16 heteroatoms. The molecule has 1 aromatic carbocycles. The number of aliphatic hydroxyl groups excluding tert-OH is 10. The average Bonchev–Trinajstić information content (AvgIpc) is 1.85. The van der Waals surface area contributed by atoms with Crippen LogP contribution in [0.3, 0.4) is 0 Å². The molecule has 0 bridgehead atoms. The first-order valence-corrected chi connectivity index (χ1v) is 38.2. The fourth-order valence-corrected chi connectivity index (χ4v) is 8.84. The zero-order valence-electron chi connectivity index (χ0n) is 66.4. The summed E-state index contributed by atoms with van der Waals surface area (Å²) in [5, 5.41) is 95.9. The molecule has 0 spiro atoms. The molecule has 0 aliphatic heterocycles. The van der Waals surface area contributed by atoms with Gasteiger partial charge in [-0.3, -0.25) is 0 Å². The van der Waals surface area contributed by atoms with Gasteiger partial charge in [0.1, 0.15) is 65.3 Å². The van der Waals surface area contributed by atoms with Crippen LogP contribution in [0.4, 0.5) is 4.39 Å². The Balaban J connectivity index is 0. The van der Waals surface area contributed by atoms with Crippen molar-refractivity contribution in [2.24, 2.45) is 17.8 Å². The van der Waals surface area contributed by atoms with Crippen LogP contribution < -0.4 is 0 Å². The minimum Gasteiger partial charge on any atom is -0.389 e. The van der Waals surface area contributed by atoms with Crippen molar-refractivity contribution in [2.75, 3.05) is 0 Å². The first kappa shape index (κ1) is 104. The van der Waals surface area contributed by atoms with E-state index in [-0.39, 0.29) is 47.3 Å². The molecule has 2 saturated carbocycles. The smallest absolute Gasteiger partial charge is 0.129 e. The van der Waals surface area contributed by atoms with Crippen molar-refractivity contribution in [1.82, 2.24) is 0 Å². The van der Waals surface area contributed by atoms with Gasteiger partial charge in [-0.2, -0.15) is 0 Å². The van der Waals surface area contributed by atoms with Gasteiger partial charge in [-0.15, -0.1) is 17.8 Å². The molecular formula is C95H121FO15. The molecule has 111 heavy (non-hydrogen) atoms. The molecule has 1 aromatic rings. The lowest BCUT2D eigenvalue weighted by Gasteiger charge is -2.15. The SMILES string of the molecule is CC#CC[C@@H](O)/C=C/C=C/C#C[C@@H](O)CCCC(C)=O.CC(=O)CCC[C@H](O)C#C/C=C/C=C/[C@H](O)CC#CC(C)C.CC(=O)CCC[C@H](O)C#C/C=C/C=C/[C@H](O)CC#CC1CCCCC1.CC(=O)CC[C@H](O)C#C/C=C/C=C/[C@H](O)CC#Cc1ccc(F)cc1.CC(=O)CC[C@H](O)C#C/C=C/C=C/[C@H](O)CC1CC1. The summed E-state index contributed by atoms with van der Waals surface area (Å²) >= 11 is 0. The third-order valence-electron chi connectivity index (χ3n) is 15.0. The average molecular weight is 1520 g/mol. The molecule has 0 amide bonds.